The van der Waals surface area contributed by atoms with Gasteiger partial charge in [0.25, 0.3) is 0 Å². The van der Waals surface area contributed by atoms with Crippen LogP contribution in [0.2, 0.25) is 0 Å². The molecule has 0 heterocycles. The molecule has 0 fully saturated rings. The first kappa shape index (κ1) is 47.5. The zero-order valence-corrected chi connectivity index (χ0v) is 39.0. The third kappa shape index (κ3) is 12.0. The number of hydrogen-bond donors (Lipinski definition) is 3. The molecular formula is C53H79O4P. The van der Waals surface area contributed by atoms with Crippen molar-refractivity contribution in [3.63, 3.8) is 0 Å². The molecule has 0 aliphatic rings. The molecule has 5 heteroatoms. The molecule has 3 N–H and O–H groups in total. The molecule has 0 unspecified atom stereocenters. The van der Waals surface area contributed by atoms with Gasteiger partial charge in [-0.15, -0.1) is 0 Å². The van der Waals surface area contributed by atoms with Crippen molar-refractivity contribution in [2.75, 3.05) is 0 Å². The second-order valence-electron chi connectivity index (χ2n) is 19.6. The average Bonchev–Trinajstić information content (AvgIpc) is 3.16. The van der Waals surface area contributed by atoms with Crippen molar-refractivity contribution in [1.29, 1.82) is 0 Å². The number of phenols is 1. The van der Waals surface area contributed by atoms with Crippen LogP contribution in [-0.4, -0.2) is 14.9 Å². The molecule has 4 rings (SSSR count). The molecule has 0 atom stereocenters. The van der Waals surface area contributed by atoms with E-state index >= 15 is 0 Å². The first-order valence-electron chi connectivity index (χ1n) is 22.7. The Balaban J connectivity index is 1.83. The summed E-state index contributed by atoms with van der Waals surface area (Å²) in [6, 6.07) is 28.1. The summed E-state index contributed by atoms with van der Waals surface area (Å²) >= 11 is 0. The van der Waals surface area contributed by atoms with E-state index in [1.165, 1.54) is 64.2 Å². The first-order chi connectivity index (χ1) is 27.3. The van der Waals surface area contributed by atoms with Crippen LogP contribution >= 0.6 is 7.28 Å². The van der Waals surface area contributed by atoms with Gasteiger partial charge >= 0.3 is 355 Å². The first-order valence-corrected chi connectivity index (χ1v) is 24.8. The number of unbranched alkanes of at least 4 members (excludes halogenated alkanes) is 12. The zero-order chi connectivity index (χ0) is 42.6. The van der Waals surface area contributed by atoms with E-state index in [1.807, 2.05) is 54.6 Å². The van der Waals surface area contributed by atoms with Crippen molar-refractivity contribution in [2.45, 2.75) is 188 Å². The molecule has 0 aliphatic carbocycles. The number of aryl methyl sites for hydroxylation is 2. The third-order valence-corrected chi connectivity index (χ3v) is 15.4. The van der Waals surface area contributed by atoms with E-state index in [0.29, 0.717) is 22.1 Å². The Morgan fingerprint density at radius 1 is 0.483 bits per heavy atom. The van der Waals surface area contributed by atoms with Crippen LogP contribution in [0.25, 0.3) is 0 Å². The topological polar surface area (TPSA) is 69.9 Å². The van der Waals surface area contributed by atoms with E-state index in [4.69, 9.17) is 4.52 Å². The predicted molar refractivity (Wildman–Crippen MR) is 252 cm³/mol. The van der Waals surface area contributed by atoms with E-state index in [1.54, 1.807) is 0 Å². The SMILES string of the molecule is CCCCCCCCCc1ccccc1P(O)(O)(Oc1ccc(C(C)(C)c2ccc(O)c(C(C)(C)C)c2)cc1C(C)(C)C)c1ccccc1CCCCCCCCC. The molecule has 0 amide bonds. The van der Waals surface area contributed by atoms with Gasteiger partial charge in [-0.1, -0.05) is 0 Å². The van der Waals surface area contributed by atoms with Crippen LogP contribution in [0.15, 0.2) is 84.9 Å². The number of phenolic OH excluding ortho intramolecular Hbond substituents is 1. The summed E-state index contributed by atoms with van der Waals surface area (Å²) in [5.74, 6) is 0.801. The quantitative estimate of drug-likeness (QED) is 0.0546. The van der Waals surface area contributed by atoms with Gasteiger partial charge in [-0.2, -0.15) is 0 Å². The Kier molecular flexibility index (Phi) is 16.7. The van der Waals surface area contributed by atoms with Crippen molar-refractivity contribution < 1.29 is 19.4 Å². The van der Waals surface area contributed by atoms with Gasteiger partial charge in [0.2, 0.25) is 0 Å². The van der Waals surface area contributed by atoms with E-state index in [9.17, 15) is 14.9 Å². The van der Waals surface area contributed by atoms with Gasteiger partial charge in [-0.05, 0) is 0 Å². The fraction of sp³-hybridized carbons (Fsp3) is 0.547. The minimum absolute atomic E-state index is 0.218. The van der Waals surface area contributed by atoms with Crippen LogP contribution in [0.1, 0.15) is 193 Å². The van der Waals surface area contributed by atoms with E-state index in [2.05, 4.69) is 99.6 Å². The summed E-state index contributed by atoms with van der Waals surface area (Å²) in [6.07, 6.45) is 18.2. The molecule has 320 valence electrons. The molecule has 0 aromatic heterocycles. The molecule has 0 bridgehead atoms. The standard InChI is InChI=1S/C53H79O4P/c1-11-13-15-17-19-21-23-29-41-31-25-27-33-49(41)58(55,56,50-34-28-26-32-42(50)30-24-22-20-18-16-14-12-2)57-48-38-36-44(40-46(48)52(6,7)8)53(9,10)43-35-37-47(54)45(39-43)51(3,4)5/h25-28,31-40,54-56H,11-24,29-30H2,1-10H3. The zero-order valence-electron chi connectivity index (χ0n) is 38.1. The van der Waals surface area contributed by atoms with Gasteiger partial charge in [-0.25, -0.2) is 0 Å². The summed E-state index contributed by atoms with van der Waals surface area (Å²) < 4.78 is 7.11. The number of hydrogen-bond acceptors (Lipinski definition) is 4. The summed E-state index contributed by atoms with van der Waals surface area (Å²) in [6.45, 7) is 21.8. The maximum absolute atomic E-state index is 13.6. The number of aromatic hydroxyl groups is 1. The summed E-state index contributed by atoms with van der Waals surface area (Å²) in [5.41, 5.74) is 4.90. The fourth-order valence-electron chi connectivity index (χ4n) is 8.47. The van der Waals surface area contributed by atoms with Crippen molar-refractivity contribution >= 4 is 17.9 Å². The van der Waals surface area contributed by atoms with Crippen LogP contribution in [0, 0.1) is 0 Å². The summed E-state index contributed by atoms with van der Waals surface area (Å²) in [4.78, 5) is 27.2. The number of benzene rings is 4. The number of rotatable bonds is 22. The van der Waals surface area contributed by atoms with Crippen LogP contribution < -0.4 is 15.1 Å². The minimum atomic E-state index is -5.33. The van der Waals surface area contributed by atoms with E-state index in [0.717, 1.165) is 71.9 Å². The molecule has 4 aromatic rings. The average molecular weight is 811 g/mol. The molecular weight excluding hydrogens is 732 g/mol. The van der Waals surface area contributed by atoms with Gasteiger partial charge in [0.15, 0.2) is 0 Å². The Hall–Kier alpha value is -3.17. The maximum atomic E-state index is 13.6. The third-order valence-electron chi connectivity index (χ3n) is 12.3. The van der Waals surface area contributed by atoms with Crippen LogP contribution in [0.5, 0.6) is 11.5 Å². The summed E-state index contributed by atoms with van der Waals surface area (Å²) in [7, 11) is -5.33. The molecule has 0 radical (unpaired) electrons. The Morgan fingerprint density at radius 2 is 0.879 bits per heavy atom. The normalized spacial score (nSPS) is 13.3. The van der Waals surface area contributed by atoms with Gasteiger partial charge in [-0.3, -0.25) is 0 Å². The second kappa shape index (κ2) is 20.4. The molecule has 0 spiro atoms. The van der Waals surface area contributed by atoms with Gasteiger partial charge in [0.05, 0.1) is 0 Å². The molecule has 4 aromatic carbocycles. The van der Waals surface area contributed by atoms with Gasteiger partial charge in [0, 0.05) is 0 Å². The second-order valence-corrected chi connectivity index (χ2v) is 22.6. The predicted octanol–water partition coefficient (Wildman–Crippen LogP) is 14.2. The molecule has 0 saturated carbocycles. The van der Waals surface area contributed by atoms with E-state index in [-0.39, 0.29) is 10.8 Å². The van der Waals surface area contributed by atoms with E-state index < -0.39 is 12.7 Å². The Labute approximate surface area is 354 Å². The van der Waals surface area contributed by atoms with Crippen LogP contribution in [0.3, 0.4) is 0 Å². The van der Waals surface area contributed by atoms with Crippen molar-refractivity contribution in [1.82, 2.24) is 0 Å². The van der Waals surface area contributed by atoms with Crippen molar-refractivity contribution in [2.24, 2.45) is 0 Å². The van der Waals surface area contributed by atoms with Crippen LogP contribution in [-0.2, 0) is 29.1 Å². The van der Waals surface area contributed by atoms with Crippen molar-refractivity contribution in [3.8, 4) is 11.5 Å². The molecule has 58 heavy (non-hydrogen) atoms. The van der Waals surface area contributed by atoms with Gasteiger partial charge in [0.1, 0.15) is 0 Å². The Bertz CT molecular complexity index is 1830. The van der Waals surface area contributed by atoms with Crippen LogP contribution in [0.4, 0.5) is 0 Å². The molecule has 0 saturated heterocycles. The van der Waals surface area contributed by atoms with Crippen molar-refractivity contribution in [3.05, 3.63) is 118 Å². The summed E-state index contributed by atoms with van der Waals surface area (Å²) in [5, 5.41) is 11.8. The van der Waals surface area contributed by atoms with Gasteiger partial charge < -0.3 is 0 Å². The Morgan fingerprint density at radius 3 is 1.33 bits per heavy atom. The molecule has 4 nitrogen and oxygen atoms in total. The fourth-order valence-corrected chi connectivity index (χ4v) is 11.6. The monoisotopic (exact) mass is 811 g/mol. The molecule has 0 aliphatic heterocycles.